The Hall–Kier alpha value is -1.48. The Morgan fingerprint density at radius 3 is 2.56 bits per heavy atom. The van der Waals surface area contributed by atoms with Crippen molar-refractivity contribution >= 4 is 21.8 Å². The van der Waals surface area contributed by atoms with E-state index in [1.54, 1.807) is 12.0 Å². The standard InChI is InChI=1S/C17H25N3O4S/c1-24-14-15-6-5-9-18(12-15)25(22,23)19-10-11-20(17(21)13-19)16-7-3-2-4-8-16/h2-4,7-8,15H,5-6,9-14H2,1H3. The maximum absolute atomic E-state index is 12.9. The third kappa shape index (κ3) is 4.03. The zero-order valence-corrected chi connectivity index (χ0v) is 15.3. The molecule has 8 heteroatoms. The summed E-state index contributed by atoms with van der Waals surface area (Å²) in [5.41, 5.74) is 0.808. The summed E-state index contributed by atoms with van der Waals surface area (Å²) in [6.45, 7) is 2.11. The SMILES string of the molecule is COCC1CCCN(S(=O)(=O)N2CCN(c3ccccc3)C(=O)C2)C1. The van der Waals surface area contributed by atoms with E-state index in [1.165, 1.54) is 8.61 Å². The summed E-state index contributed by atoms with van der Waals surface area (Å²) in [7, 11) is -1.98. The largest absolute Gasteiger partial charge is 0.384 e. The number of rotatable bonds is 5. The topological polar surface area (TPSA) is 70.2 Å². The number of carbonyl (C=O) groups excluding carboxylic acids is 1. The molecule has 1 unspecified atom stereocenters. The molecule has 2 aliphatic rings. The summed E-state index contributed by atoms with van der Waals surface area (Å²) < 4.78 is 33.8. The molecule has 2 aliphatic heterocycles. The van der Waals surface area contributed by atoms with Gasteiger partial charge in [0.25, 0.3) is 10.2 Å². The minimum Gasteiger partial charge on any atom is -0.384 e. The van der Waals surface area contributed by atoms with Gasteiger partial charge in [-0.25, -0.2) is 0 Å². The molecule has 1 aromatic carbocycles. The van der Waals surface area contributed by atoms with Crippen LogP contribution in [-0.2, 0) is 19.7 Å². The Labute approximate surface area is 149 Å². The number of benzene rings is 1. The van der Waals surface area contributed by atoms with Crippen LogP contribution in [0.3, 0.4) is 0 Å². The number of hydrogen-bond acceptors (Lipinski definition) is 4. The third-order valence-corrected chi connectivity index (χ3v) is 6.74. The van der Waals surface area contributed by atoms with Crippen LogP contribution in [-0.4, -0.2) is 69.4 Å². The van der Waals surface area contributed by atoms with Crippen molar-refractivity contribution < 1.29 is 17.9 Å². The lowest BCUT2D eigenvalue weighted by molar-refractivity contribution is -0.120. The zero-order chi connectivity index (χ0) is 17.9. The highest BCUT2D eigenvalue weighted by Crippen LogP contribution is 2.24. The number of nitrogens with zero attached hydrogens (tertiary/aromatic N) is 3. The maximum atomic E-state index is 12.9. The molecule has 1 atom stereocenters. The molecule has 0 spiro atoms. The summed E-state index contributed by atoms with van der Waals surface area (Å²) in [6, 6.07) is 9.36. The van der Waals surface area contributed by atoms with E-state index in [4.69, 9.17) is 4.74 Å². The van der Waals surface area contributed by atoms with Gasteiger partial charge in [-0.15, -0.1) is 0 Å². The molecule has 1 aromatic rings. The summed E-state index contributed by atoms with van der Waals surface area (Å²) in [5, 5.41) is 0. The number of ether oxygens (including phenoxy) is 1. The Morgan fingerprint density at radius 1 is 1.12 bits per heavy atom. The van der Waals surface area contributed by atoms with E-state index in [0.29, 0.717) is 32.8 Å². The second-order valence-corrected chi connectivity index (χ2v) is 8.47. The van der Waals surface area contributed by atoms with Crippen molar-refractivity contribution in [3.63, 3.8) is 0 Å². The van der Waals surface area contributed by atoms with Gasteiger partial charge in [-0.1, -0.05) is 18.2 Å². The molecular formula is C17H25N3O4S. The monoisotopic (exact) mass is 367 g/mol. The lowest BCUT2D eigenvalue weighted by Crippen LogP contribution is -2.57. The highest BCUT2D eigenvalue weighted by molar-refractivity contribution is 7.86. The van der Waals surface area contributed by atoms with Gasteiger partial charge in [-0.2, -0.15) is 17.0 Å². The van der Waals surface area contributed by atoms with Crippen molar-refractivity contribution in [1.82, 2.24) is 8.61 Å². The number of piperazine rings is 1. The lowest BCUT2D eigenvalue weighted by Gasteiger charge is -2.38. The van der Waals surface area contributed by atoms with Gasteiger partial charge in [0.15, 0.2) is 0 Å². The molecule has 7 nitrogen and oxygen atoms in total. The van der Waals surface area contributed by atoms with E-state index in [2.05, 4.69) is 0 Å². The van der Waals surface area contributed by atoms with E-state index in [9.17, 15) is 13.2 Å². The van der Waals surface area contributed by atoms with E-state index in [-0.39, 0.29) is 18.4 Å². The summed E-state index contributed by atoms with van der Waals surface area (Å²) >= 11 is 0. The van der Waals surface area contributed by atoms with Gasteiger partial charge in [-0.05, 0) is 30.9 Å². The predicted octanol–water partition coefficient (Wildman–Crippen LogP) is 0.938. The molecule has 0 aliphatic carbocycles. The number of para-hydroxylation sites is 1. The predicted molar refractivity (Wildman–Crippen MR) is 95.5 cm³/mol. The fourth-order valence-corrected chi connectivity index (χ4v) is 5.17. The maximum Gasteiger partial charge on any atom is 0.282 e. The molecule has 0 aromatic heterocycles. The van der Waals surface area contributed by atoms with Crippen molar-refractivity contribution in [3.8, 4) is 0 Å². The van der Waals surface area contributed by atoms with Crippen LogP contribution in [0.5, 0.6) is 0 Å². The van der Waals surface area contributed by atoms with Crippen molar-refractivity contribution in [2.75, 3.05) is 51.3 Å². The quantitative estimate of drug-likeness (QED) is 0.777. The van der Waals surface area contributed by atoms with Crippen LogP contribution in [0.4, 0.5) is 5.69 Å². The molecular weight excluding hydrogens is 342 g/mol. The smallest absolute Gasteiger partial charge is 0.282 e. The third-order valence-electron chi connectivity index (χ3n) is 4.79. The fraction of sp³-hybridized carbons (Fsp3) is 0.588. The first-order valence-corrected chi connectivity index (χ1v) is 10.0. The fourth-order valence-electron chi connectivity index (χ4n) is 3.50. The highest BCUT2D eigenvalue weighted by Gasteiger charge is 2.38. The van der Waals surface area contributed by atoms with Gasteiger partial charge in [0.05, 0.1) is 13.2 Å². The Bertz CT molecular complexity index is 693. The number of amides is 1. The number of hydrogen-bond donors (Lipinski definition) is 0. The number of piperidine rings is 1. The normalized spacial score (nSPS) is 23.8. The van der Waals surface area contributed by atoms with Crippen molar-refractivity contribution in [1.29, 1.82) is 0 Å². The Kier molecular flexibility index (Phi) is 5.73. The first-order chi connectivity index (χ1) is 12.0. The number of carbonyl (C=O) groups is 1. The zero-order valence-electron chi connectivity index (χ0n) is 14.5. The molecule has 2 fully saturated rings. The summed E-state index contributed by atoms with van der Waals surface area (Å²) in [6.07, 6.45) is 1.80. The Balaban J connectivity index is 1.67. The van der Waals surface area contributed by atoms with Crippen molar-refractivity contribution in [2.24, 2.45) is 5.92 Å². The minimum atomic E-state index is -3.61. The lowest BCUT2D eigenvalue weighted by atomic mass is 10.0. The minimum absolute atomic E-state index is 0.108. The second kappa shape index (κ2) is 7.82. The van der Waals surface area contributed by atoms with E-state index in [0.717, 1.165) is 18.5 Å². The van der Waals surface area contributed by atoms with Gasteiger partial charge >= 0.3 is 0 Å². The van der Waals surface area contributed by atoms with Gasteiger partial charge in [-0.3, -0.25) is 4.79 Å². The van der Waals surface area contributed by atoms with Crippen LogP contribution in [0, 0.1) is 5.92 Å². The summed E-state index contributed by atoms with van der Waals surface area (Å²) in [4.78, 5) is 14.1. The molecule has 0 N–H and O–H groups in total. The first kappa shape index (κ1) is 18.3. The van der Waals surface area contributed by atoms with Crippen LogP contribution in [0.2, 0.25) is 0 Å². The molecule has 0 bridgehead atoms. The Morgan fingerprint density at radius 2 is 1.88 bits per heavy atom. The molecule has 0 saturated carbocycles. The van der Waals surface area contributed by atoms with Crippen molar-refractivity contribution in [2.45, 2.75) is 12.8 Å². The van der Waals surface area contributed by atoms with Crippen LogP contribution in [0.25, 0.3) is 0 Å². The van der Waals surface area contributed by atoms with Crippen LogP contribution >= 0.6 is 0 Å². The molecule has 138 valence electrons. The van der Waals surface area contributed by atoms with E-state index < -0.39 is 10.2 Å². The van der Waals surface area contributed by atoms with Gasteiger partial charge in [0.1, 0.15) is 0 Å². The van der Waals surface area contributed by atoms with Crippen molar-refractivity contribution in [3.05, 3.63) is 30.3 Å². The number of anilines is 1. The molecule has 2 heterocycles. The van der Waals surface area contributed by atoms with E-state index in [1.807, 2.05) is 30.3 Å². The van der Waals surface area contributed by atoms with Gasteiger partial charge in [0.2, 0.25) is 5.91 Å². The average molecular weight is 367 g/mol. The summed E-state index contributed by atoms with van der Waals surface area (Å²) in [5.74, 6) is 0.0290. The van der Waals surface area contributed by atoms with E-state index >= 15 is 0 Å². The van der Waals surface area contributed by atoms with Gasteiger partial charge < -0.3 is 9.64 Å². The number of methoxy groups -OCH3 is 1. The van der Waals surface area contributed by atoms with Crippen LogP contribution < -0.4 is 4.90 Å². The second-order valence-electron chi connectivity index (χ2n) is 6.54. The molecule has 3 rings (SSSR count). The molecule has 2 saturated heterocycles. The van der Waals surface area contributed by atoms with Gasteiger partial charge in [0, 0.05) is 39.0 Å². The molecule has 0 radical (unpaired) electrons. The highest BCUT2D eigenvalue weighted by atomic mass is 32.2. The van der Waals surface area contributed by atoms with Crippen LogP contribution in [0.1, 0.15) is 12.8 Å². The average Bonchev–Trinajstić information content (AvgIpc) is 2.63. The molecule has 25 heavy (non-hydrogen) atoms. The van der Waals surface area contributed by atoms with Crippen LogP contribution in [0.15, 0.2) is 30.3 Å². The first-order valence-electron chi connectivity index (χ1n) is 8.62. The molecule has 1 amide bonds.